The summed E-state index contributed by atoms with van der Waals surface area (Å²) < 4.78 is 6.08. The number of carbonyl (C=O) groups excluding carboxylic acids is 2. The minimum Gasteiger partial charge on any atom is -0.426 e. The minimum absolute atomic E-state index is 0.0432. The van der Waals surface area contributed by atoms with Crippen molar-refractivity contribution in [2.24, 2.45) is 52.3 Å². The number of hydrogen-bond acceptors (Lipinski definition) is 3. The van der Waals surface area contributed by atoms with Crippen LogP contribution in [0.4, 0.5) is 0 Å². The van der Waals surface area contributed by atoms with Crippen molar-refractivity contribution in [2.75, 3.05) is 0 Å². The highest BCUT2D eigenvalue weighted by Crippen LogP contribution is 2.69. The second-order valence-corrected chi connectivity index (χ2v) is 22.0. The summed E-state index contributed by atoms with van der Waals surface area (Å²) in [5.74, 6) is 4.15. The van der Waals surface area contributed by atoms with Gasteiger partial charge in [0.2, 0.25) is 0 Å². The molecule has 4 fully saturated rings. The van der Waals surface area contributed by atoms with E-state index in [1.54, 1.807) is 0 Å². The number of ketones is 1. The van der Waals surface area contributed by atoms with Gasteiger partial charge in [-0.05, 0) is 102 Å². The van der Waals surface area contributed by atoms with E-state index in [0.29, 0.717) is 52.1 Å². The van der Waals surface area contributed by atoms with E-state index in [2.05, 4.69) is 54.6 Å². The summed E-state index contributed by atoms with van der Waals surface area (Å²) in [6.45, 7) is 20.2. The summed E-state index contributed by atoms with van der Waals surface area (Å²) in [5.41, 5.74) is 0.468. The first-order valence-electron chi connectivity index (χ1n) is 16.0. The molecular weight excluding hydrogens is 496 g/mol. The molecule has 9 atom stereocenters. The van der Waals surface area contributed by atoms with Crippen LogP contribution in [0.5, 0.6) is 5.75 Å². The van der Waals surface area contributed by atoms with Crippen molar-refractivity contribution in [1.82, 2.24) is 0 Å². The maximum atomic E-state index is 14.0. The Labute approximate surface area is 239 Å². The van der Waals surface area contributed by atoms with Crippen LogP contribution < -0.4 is 4.74 Å². The normalized spacial score (nSPS) is 39.3. The zero-order chi connectivity index (χ0) is 28.4. The second kappa shape index (κ2) is 10.1. The second-order valence-electron chi connectivity index (χ2n) is 16.4. The van der Waals surface area contributed by atoms with E-state index in [1.165, 1.54) is 31.7 Å². The molecule has 4 aliphatic rings. The Hall–Kier alpha value is -1.42. The topological polar surface area (TPSA) is 43.4 Å². The van der Waals surface area contributed by atoms with Crippen molar-refractivity contribution >= 4 is 19.8 Å². The minimum atomic E-state index is -1.38. The van der Waals surface area contributed by atoms with Crippen LogP contribution in [0, 0.1) is 52.3 Å². The smallest absolute Gasteiger partial charge is 0.314 e. The number of esters is 1. The summed E-state index contributed by atoms with van der Waals surface area (Å²) in [4.78, 5) is 26.6. The molecule has 0 saturated heterocycles. The maximum Gasteiger partial charge on any atom is 0.314 e. The van der Waals surface area contributed by atoms with Gasteiger partial charge in [-0.15, -0.1) is 0 Å². The van der Waals surface area contributed by atoms with E-state index in [1.807, 2.05) is 30.3 Å². The first-order valence-corrected chi connectivity index (χ1v) is 19.2. The van der Waals surface area contributed by atoms with E-state index in [-0.39, 0.29) is 17.3 Å². The molecule has 0 radical (unpaired) electrons. The molecule has 0 N–H and O–H groups in total. The molecular formula is C35H54O3Si. The van der Waals surface area contributed by atoms with Crippen LogP contribution in [-0.2, 0) is 9.59 Å². The first-order chi connectivity index (χ1) is 18.2. The average molecular weight is 551 g/mol. The van der Waals surface area contributed by atoms with E-state index < -0.39 is 8.07 Å². The fraction of sp³-hybridized carbons (Fsp3) is 0.771. The van der Waals surface area contributed by atoms with Crippen molar-refractivity contribution in [1.29, 1.82) is 0 Å². The van der Waals surface area contributed by atoms with Crippen LogP contribution in [0.15, 0.2) is 30.3 Å². The Morgan fingerprint density at radius 2 is 1.69 bits per heavy atom. The van der Waals surface area contributed by atoms with Crippen molar-refractivity contribution in [2.45, 2.75) is 117 Å². The molecule has 4 aliphatic carbocycles. The van der Waals surface area contributed by atoms with E-state index >= 15 is 0 Å². The Bertz CT molecular complexity index is 1070. The standard InChI is InChI=1S/C35H54O3Si/c1-23(22-39(7,8)33(2,3)4)28-14-15-29-31-27(32(37)38-26-12-10-9-11-13-26)21-24-20-25(36)16-18-34(24,5)30(31)17-19-35(28,29)6/h9-13,23-24,27-31H,14-22H2,1-8H3/t23-,24-,27?,28?,29?,30?,31?,34+,35-/m1/s1. The number of benzene rings is 1. The largest absolute Gasteiger partial charge is 0.426 e. The molecule has 0 heterocycles. The molecule has 4 heteroatoms. The fourth-order valence-corrected chi connectivity index (χ4v) is 12.7. The third kappa shape index (κ3) is 4.99. The van der Waals surface area contributed by atoms with Gasteiger partial charge in [-0.1, -0.05) is 78.9 Å². The van der Waals surface area contributed by atoms with Crippen molar-refractivity contribution in [3.63, 3.8) is 0 Å². The maximum absolute atomic E-state index is 14.0. The molecule has 0 aromatic heterocycles. The Kier molecular flexibility index (Phi) is 7.56. The van der Waals surface area contributed by atoms with Gasteiger partial charge < -0.3 is 4.74 Å². The molecule has 0 bridgehead atoms. The van der Waals surface area contributed by atoms with Crippen LogP contribution in [0.2, 0.25) is 24.2 Å². The number of hydrogen-bond donors (Lipinski definition) is 0. The molecule has 0 amide bonds. The lowest BCUT2D eigenvalue weighted by atomic mass is 9.42. The molecule has 1 aromatic carbocycles. The summed E-state index contributed by atoms with van der Waals surface area (Å²) >= 11 is 0. The summed E-state index contributed by atoms with van der Waals surface area (Å²) in [7, 11) is -1.38. The SMILES string of the molecule is C[C@H](C[Si](C)(C)C(C)(C)C)C1CCC2C3C(C(=O)Oc4ccccc4)C[C@H]4CC(=O)CC[C@]4(C)C3CC[C@@]21C. The summed E-state index contributed by atoms with van der Waals surface area (Å²) in [5, 5.41) is 0.412. The van der Waals surface area contributed by atoms with Crippen LogP contribution in [0.3, 0.4) is 0 Å². The molecule has 4 saturated carbocycles. The number of rotatable bonds is 5. The highest BCUT2D eigenvalue weighted by Gasteiger charge is 2.64. The number of carbonyl (C=O) groups is 2. The molecule has 3 nitrogen and oxygen atoms in total. The van der Waals surface area contributed by atoms with Crippen LogP contribution >= 0.6 is 0 Å². The van der Waals surface area contributed by atoms with Gasteiger partial charge >= 0.3 is 5.97 Å². The fourth-order valence-electron chi connectivity index (χ4n) is 10.2. The van der Waals surface area contributed by atoms with Gasteiger partial charge in [-0.2, -0.15) is 0 Å². The van der Waals surface area contributed by atoms with E-state index in [0.717, 1.165) is 31.1 Å². The van der Waals surface area contributed by atoms with Crippen LogP contribution in [0.1, 0.15) is 92.9 Å². The predicted octanol–water partition coefficient (Wildman–Crippen LogP) is 9.19. The monoisotopic (exact) mass is 550 g/mol. The highest BCUT2D eigenvalue weighted by atomic mass is 28.3. The quantitative estimate of drug-likeness (QED) is 0.208. The van der Waals surface area contributed by atoms with Gasteiger partial charge in [0.1, 0.15) is 11.5 Å². The van der Waals surface area contributed by atoms with Crippen molar-refractivity contribution in [3.05, 3.63) is 30.3 Å². The molecule has 1 aromatic rings. The molecule has 216 valence electrons. The lowest BCUT2D eigenvalue weighted by Crippen LogP contribution is -2.58. The van der Waals surface area contributed by atoms with E-state index in [4.69, 9.17) is 4.74 Å². The Morgan fingerprint density at radius 1 is 1.03 bits per heavy atom. The highest BCUT2D eigenvalue weighted by molar-refractivity contribution is 6.80. The van der Waals surface area contributed by atoms with Crippen LogP contribution in [0.25, 0.3) is 0 Å². The van der Waals surface area contributed by atoms with Gasteiger partial charge in [0.25, 0.3) is 0 Å². The molecule has 39 heavy (non-hydrogen) atoms. The Balaban J connectivity index is 1.46. The lowest BCUT2D eigenvalue weighted by Gasteiger charge is -2.62. The van der Waals surface area contributed by atoms with Gasteiger partial charge in [0, 0.05) is 12.8 Å². The molecule has 0 aliphatic heterocycles. The van der Waals surface area contributed by atoms with Crippen molar-refractivity contribution < 1.29 is 14.3 Å². The number of para-hydroxylation sites is 1. The Morgan fingerprint density at radius 3 is 2.36 bits per heavy atom. The number of fused-ring (bicyclic) bond motifs is 5. The van der Waals surface area contributed by atoms with Gasteiger partial charge in [0.15, 0.2) is 0 Å². The van der Waals surface area contributed by atoms with Gasteiger partial charge in [0.05, 0.1) is 14.0 Å². The molecule has 5 unspecified atom stereocenters. The zero-order valence-corrected chi connectivity index (χ0v) is 27.0. The average Bonchev–Trinajstić information content (AvgIpc) is 3.21. The molecule has 5 rings (SSSR count). The lowest BCUT2D eigenvalue weighted by molar-refractivity contribution is -0.172. The molecule has 0 spiro atoms. The summed E-state index contributed by atoms with van der Waals surface area (Å²) in [6, 6.07) is 11.0. The zero-order valence-electron chi connectivity index (χ0n) is 26.0. The first kappa shape index (κ1) is 29.1. The van der Waals surface area contributed by atoms with Gasteiger partial charge in [-0.3, -0.25) is 9.59 Å². The van der Waals surface area contributed by atoms with Crippen molar-refractivity contribution in [3.8, 4) is 5.75 Å². The third-order valence-corrected chi connectivity index (χ3v) is 19.1. The number of ether oxygens (including phenoxy) is 1. The third-order valence-electron chi connectivity index (χ3n) is 13.4. The number of Topliss-reactive ketones (excluding diaryl/α,β-unsaturated/α-hetero) is 1. The van der Waals surface area contributed by atoms with Gasteiger partial charge in [-0.25, -0.2) is 0 Å². The van der Waals surface area contributed by atoms with Crippen LogP contribution in [-0.4, -0.2) is 19.8 Å². The summed E-state index contributed by atoms with van der Waals surface area (Å²) in [6.07, 6.45) is 8.25. The van der Waals surface area contributed by atoms with E-state index in [9.17, 15) is 9.59 Å². The predicted molar refractivity (Wildman–Crippen MR) is 162 cm³/mol.